The van der Waals surface area contributed by atoms with E-state index in [2.05, 4.69) is 15.2 Å². The van der Waals surface area contributed by atoms with Crippen LogP contribution < -0.4 is 21.0 Å². The van der Waals surface area contributed by atoms with Gasteiger partial charge in [-0.1, -0.05) is 44.9 Å². The number of esters is 1. The number of ether oxygens (including phenoxy) is 2. The first-order valence-electron chi connectivity index (χ1n) is 12.2. The second kappa shape index (κ2) is 13.3. The SMILES string of the molecule is CCC(CC)COC(=O)[C@H](C)NP(=O)(OC[C@H]1O[C@@H](n2ncc(N)nc2=O)C(O)[C@H]1O)Oc1ccccc1. The van der Waals surface area contributed by atoms with Gasteiger partial charge in [-0.15, -0.1) is 0 Å². The lowest BCUT2D eigenvalue weighted by molar-refractivity contribution is -0.146. The van der Waals surface area contributed by atoms with Crippen molar-refractivity contribution < 1.29 is 38.1 Å². The van der Waals surface area contributed by atoms with Crippen LogP contribution in [0.25, 0.3) is 0 Å². The number of anilines is 1. The van der Waals surface area contributed by atoms with Crippen LogP contribution in [0.2, 0.25) is 0 Å². The summed E-state index contributed by atoms with van der Waals surface area (Å²) in [5.41, 5.74) is 4.54. The molecule has 38 heavy (non-hydrogen) atoms. The normalized spacial score (nSPS) is 23.6. The van der Waals surface area contributed by atoms with Crippen molar-refractivity contribution in [3.8, 4) is 5.75 Å². The molecule has 1 fully saturated rings. The third-order valence-electron chi connectivity index (χ3n) is 6.01. The molecule has 0 spiro atoms. The molecule has 2 heterocycles. The fraction of sp³-hybridized carbons (Fsp3) is 0.565. The molecule has 1 aromatic heterocycles. The Bertz CT molecular complexity index is 1160. The molecule has 1 aliphatic heterocycles. The predicted molar refractivity (Wildman–Crippen MR) is 135 cm³/mol. The molecule has 2 unspecified atom stereocenters. The molecule has 15 heteroatoms. The zero-order valence-electron chi connectivity index (χ0n) is 21.4. The summed E-state index contributed by atoms with van der Waals surface area (Å²) in [4.78, 5) is 28.2. The second-order valence-electron chi connectivity index (χ2n) is 8.82. The molecule has 0 bridgehead atoms. The molecule has 0 saturated carbocycles. The molecule has 0 radical (unpaired) electrons. The number of hydrogen-bond acceptors (Lipinski definition) is 12. The summed E-state index contributed by atoms with van der Waals surface area (Å²) in [6.45, 7) is 5.12. The number of nitrogen functional groups attached to an aromatic ring is 1. The van der Waals surface area contributed by atoms with E-state index in [4.69, 9.17) is 24.3 Å². The number of aliphatic hydroxyl groups excluding tert-OH is 2. The van der Waals surface area contributed by atoms with E-state index in [9.17, 15) is 24.4 Å². The van der Waals surface area contributed by atoms with Gasteiger partial charge in [0.15, 0.2) is 6.23 Å². The summed E-state index contributed by atoms with van der Waals surface area (Å²) in [7, 11) is -4.26. The minimum Gasteiger partial charge on any atom is -0.464 e. The van der Waals surface area contributed by atoms with Crippen LogP contribution in [0.3, 0.4) is 0 Å². The zero-order valence-corrected chi connectivity index (χ0v) is 22.3. The van der Waals surface area contributed by atoms with Gasteiger partial charge < -0.3 is 29.9 Å². The van der Waals surface area contributed by atoms with Crippen molar-refractivity contribution >= 4 is 19.5 Å². The molecular weight excluding hydrogens is 521 g/mol. The Balaban J connectivity index is 1.71. The highest BCUT2D eigenvalue weighted by atomic mass is 31.2. The van der Waals surface area contributed by atoms with Gasteiger partial charge >= 0.3 is 19.4 Å². The number of rotatable bonds is 13. The average Bonchev–Trinajstić information content (AvgIpc) is 3.17. The number of nitrogens with one attached hydrogen (secondary N) is 1. The van der Waals surface area contributed by atoms with Gasteiger partial charge in [-0.05, 0) is 25.0 Å². The number of aliphatic hydroxyl groups is 2. The first kappa shape index (κ1) is 29.7. The maximum atomic E-state index is 13.7. The Morgan fingerprint density at radius 2 is 1.92 bits per heavy atom. The summed E-state index contributed by atoms with van der Waals surface area (Å²) in [6.07, 6.45) is -3.00. The summed E-state index contributed by atoms with van der Waals surface area (Å²) in [5, 5.41) is 27.3. The fourth-order valence-corrected chi connectivity index (χ4v) is 5.13. The molecule has 5 N–H and O–H groups in total. The summed E-state index contributed by atoms with van der Waals surface area (Å²) in [6, 6.07) is 7.06. The third-order valence-corrected chi connectivity index (χ3v) is 7.66. The van der Waals surface area contributed by atoms with E-state index in [1.54, 1.807) is 30.3 Å². The van der Waals surface area contributed by atoms with Crippen molar-refractivity contribution in [2.45, 2.75) is 64.2 Å². The van der Waals surface area contributed by atoms with E-state index >= 15 is 0 Å². The minimum atomic E-state index is -4.26. The van der Waals surface area contributed by atoms with Gasteiger partial charge in [0.25, 0.3) is 0 Å². The van der Waals surface area contributed by atoms with E-state index in [1.807, 2.05) is 13.8 Å². The highest BCUT2D eigenvalue weighted by molar-refractivity contribution is 7.52. The topological polar surface area (TPSA) is 197 Å². The van der Waals surface area contributed by atoms with Crippen LogP contribution in [0, 0.1) is 5.92 Å². The van der Waals surface area contributed by atoms with Gasteiger partial charge in [-0.25, -0.2) is 9.36 Å². The first-order chi connectivity index (χ1) is 18.1. The van der Waals surface area contributed by atoms with Crippen molar-refractivity contribution in [2.75, 3.05) is 18.9 Å². The van der Waals surface area contributed by atoms with Crippen molar-refractivity contribution in [1.82, 2.24) is 19.9 Å². The molecule has 1 aliphatic rings. The van der Waals surface area contributed by atoms with Gasteiger partial charge in [0.1, 0.15) is 35.9 Å². The van der Waals surface area contributed by atoms with Gasteiger partial charge in [0.2, 0.25) is 0 Å². The van der Waals surface area contributed by atoms with Crippen LogP contribution in [0.5, 0.6) is 5.75 Å². The smallest absolute Gasteiger partial charge is 0.459 e. The molecule has 1 saturated heterocycles. The van der Waals surface area contributed by atoms with E-state index in [0.29, 0.717) is 0 Å². The van der Waals surface area contributed by atoms with Crippen LogP contribution in [0.15, 0.2) is 41.3 Å². The molecule has 6 atom stereocenters. The quantitative estimate of drug-likeness (QED) is 0.202. The summed E-state index contributed by atoms with van der Waals surface area (Å²) in [5.74, 6) is -0.382. The first-order valence-corrected chi connectivity index (χ1v) is 13.8. The van der Waals surface area contributed by atoms with E-state index < -0.39 is 56.6 Å². The summed E-state index contributed by atoms with van der Waals surface area (Å²) < 4.78 is 36.4. The molecule has 1 aromatic carbocycles. The third kappa shape index (κ3) is 7.59. The maximum absolute atomic E-state index is 13.7. The largest absolute Gasteiger partial charge is 0.464 e. The van der Waals surface area contributed by atoms with Crippen LogP contribution in [-0.2, 0) is 23.4 Å². The van der Waals surface area contributed by atoms with E-state index in [-0.39, 0.29) is 24.1 Å². The van der Waals surface area contributed by atoms with Crippen LogP contribution in [0.1, 0.15) is 39.8 Å². The van der Waals surface area contributed by atoms with Gasteiger partial charge in [0, 0.05) is 0 Å². The van der Waals surface area contributed by atoms with Crippen molar-refractivity contribution in [1.29, 1.82) is 0 Å². The predicted octanol–water partition coefficient (Wildman–Crippen LogP) is 1.00. The number of nitrogens with zero attached hydrogens (tertiary/aromatic N) is 3. The highest BCUT2D eigenvalue weighted by Crippen LogP contribution is 2.46. The van der Waals surface area contributed by atoms with E-state index in [0.717, 1.165) is 23.7 Å². The van der Waals surface area contributed by atoms with Gasteiger partial charge in [-0.2, -0.15) is 19.9 Å². The zero-order chi connectivity index (χ0) is 27.9. The molecule has 0 aliphatic carbocycles. The Morgan fingerprint density at radius 1 is 1.24 bits per heavy atom. The van der Waals surface area contributed by atoms with Crippen LogP contribution in [0.4, 0.5) is 5.82 Å². The highest BCUT2D eigenvalue weighted by Gasteiger charge is 2.46. The van der Waals surface area contributed by atoms with Crippen molar-refractivity contribution in [3.63, 3.8) is 0 Å². The molecule has 2 aromatic rings. The van der Waals surface area contributed by atoms with Crippen LogP contribution >= 0.6 is 7.75 Å². The van der Waals surface area contributed by atoms with Gasteiger partial charge in [-0.3, -0.25) is 9.32 Å². The minimum absolute atomic E-state index is 0.128. The summed E-state index contributed by atoms with van der Waals surface area (Å²) >= 11 is 0. The monoisotopic (exact) mass is 555 g/mol. The van der Waals surface area contributed by atoms with Gasteiger partial charge in [0.05, 0.1) is 19.4 Å². The number of carbonyl (C=O) groups excluding carboxylic acids is 1. The van der Waals surface area contributed by atoms with Crippen molar-refractivity contribution in [2.24, 2.45) is 5.92 Å². The fourth-order valence-electron chi connectivity index (χ4n) is 3.63. The maximum Gasteiger partial charge on any atom is 0.459 e. The Morgan fingerprint density at radius 3 is 2.55 bits per heavy atom. The number of para-hydroxylation sites is 1. The Labute approximate surface area is 219 Å². The number of nitrogens with two attached hydrogens (primary N) is 1. The molecule has 14 nitrogen and oxygen atoms in total. The van der Waals surface area contributed by atoms with Crippen molar-refractivity contribution in [3.05, 3.63) is 47.0 Å². The van der Waals surface area contributed by atoms with Crippen LogP contribution in [-0.4, -0.2) is 68.5 Å². The number of carbonyl (C=O) groups is 1. The Kier molecular flexibility index (Phi) is 10.4. The number of benzene rings is 1. The van der Waals surface area contributed by atoms with E-state index in [1.165, 1.54) is 6.92 Å². The Hall–Kier alpha value is -2.87. The number of hydrogen-bond donors (Lipinski definition) is 4. The lowest BCUT2D eigenvalue weighted by Gasteiger charge is -2.25. The lowest BCUT2D eigenvalue weighted by atomic mass is 10.1. The molecule has 210 valence electrons. The molecule has 3 rings (SSSR count). The second-order valence-corrected chi connectivity index (χ2v) is 10.5. The molecule has 0 amide bonds. The number of aromatic nitrogens is 3. The lowest BCUT2D eigenvalue weighted by Crippen LogP contribution is -2.38. The standard InChI is InChI=1S/C23H34N5O9P/c1-4-15(5-2)12-34-22(31)14(3)27-38(33,37-16-9-7-6-8-10-16)35-13-17-19(29)20(30)21(36-17)28-23(32)26-18(24)11-25-28/h6-11,14-15,17,19-21,29-30H,4-5,12-13H2,1-3H3,(H,27,33)(H2,24,26,32)/t14-,17+,19-,20?,21+,38?/m0/s1. The average molecular weight is 556 g/mol. The molecular formula is C23H34N5O9P.